The summed E-state index contributed by atoms with van der Waals surface area (Å²) in [5.41, 5.74) is 4.05. The van der Waals surface area contributed by atoms with Gasteiger partial charge in [0.1, 0.15) is 5.92 Å². The molecule has 7 nitrogen and oxygen atoms in total. The van der Waals surface area contributed by atoms with Gasteiger partial charge in [0.15, 0.2) is 5.78 Å². The minimum Gasteiger partial charge on any atom is -0.468 e. The number of dihydropyridines is 1. The fourth-order valence-corrected chi connectivity index (χ4v) is 6.25. The molecule has 0 radical (unpaired) electrons. The number of nitrogens with one attached hydrogen (secondary N) is 1. The number of Topliss-reactive ketones (excluding diaryl/α,β-unsaturated/α-hetero) is 1. The Kier molecular flexibility index (Phi) is 7.64. The van der Waals surface area contributed by atoms with E-state index in [2.05, 4.69) is 24.1 Å². The molecule has 1 N–H and O–H groups in total. The molecule has 1 aliphatic heterocycles. The summed E-state index contributed by atoms with van der Waals surface area (Å²) in [6, 6.07) is 11.8. The number of hydrogen-bond acceptors (Lipinski definition) is 8. The van der Waals surface area contributed by atoms with Gasteiger partial charge in [-0.3, -0.25) is 9.59 Å². The number of rotatable bonds is 7. The van der Waals surface area contributed by atoms with Crippen molar-refractivity contribution in [2.24, 2.45) is 5.92 Å². The zero-order valence-corrected chi connectivity index (χ0v) is 22.1. The molecule has 0 bridgehead atoms. The Morgan fingerprint density at radius 1 is 1.08 bits per heavy atom. The number of methoxy groups -OCH3 is 2. The van der Waals surface area contributed by atoms with Gasteiger partial charge < -0.3 is 19.7 Å². The van der Waals surface area contributed by atoms with Crippen LogP contribution in [-0.4, -0.2) is 45.0 Å². The van der Waals surface area contributed by atoms with Crippen molar-refractivity contribution < 1.29 is 23.9 Å². The van der Waals surface area contributed by atoms with Crippen molar-refractivity contribution in [1.29, 1.82) is 0 Å². The van der Waals surface area contributed by atoms with E-state index in [1.54, 1.807) is 0 Å². The van der Waals surface area contributed by atoms with E-state index in [-0.39, 0.29) is 11.7 Å². The van der Waals surface area contributed by atoms with Crippen molar-refractivity contribution in [3.63, 3.8) is 0 Å². The van der Waals surface area contributed by atoms with Gasteiger partial charge in [-0.1, -0.05) is 18.2 Å². The van der Waals surface area contributed by atoms with Gasteiger partial charge in [-0.05, 0) is 56.3 Å². The molecule has 0 spiro atoms. The SMILES string of the molecule is CCN(CC)c1ccc([C@H]2C(C(=O)OC)=C(C)NC3=C2C(=O)[C@@H](C(=O)OC)[C@H](c2cccs2)C3)cc1. The summed E-state index contributed by atoms with van der Waals surface area (Å²) in [6.07, 6.45) is 0.460. The van der Waals surface area contributed by atoms with Crippen LogP contribution in [0.3, 0.4) is 0 Å². The summed E-state index contributed by atoms with van der Waals surface area (Å²) in [4.78, 5) is 43.2. The van der Waals surface area contributed by atoms with Crippen LogP contribution in [0.4, 0.5) is 5.69 Å². The Hall–Kier alpha value is -3.39. The Labute approximate surface area is 215 Å². The minimum atomic E-state index is -0.982. The summed E-state index contributed by atoms with van der Waals surface area (Å²) in [5.74, 6) is -3.36. The third-order valence-corrected chi connectivity index (χ3v) is 8.15. The van der Waals surface area contributed by atoms with Crippen molar-refractivity contribution in [2.75, 3.05) is 32.2 Å². The largest absolute Gasteiger partial charge is 0.468 e. The highest BCUT2D eigenvalue weighted by molar-refractivity contribution is 7.10. The Balaban J connectivity index is 1.86. The molecule has 0 saturated heterocycles. The molecular weight excluding hydrogens is 476 g/mol. The van der Waals surface area contributed by atoms with E-state index in [4.69, 9.17) is 9.47 Å². The highest BCUT2D eigenvalue weighted by atomic mass is 32.1. The first-order valence-corrected chi connectivity index (χ1v) is 13.0. The summed E-state index contributed by atoms with van der Waals surface area (Å²) in [5, 5.41) is 5.25. The molecule has 1 aromatic heterocycles. The maximum atomic E-state index is 14.1. The lowest BCUT2D eigenvalue weighted by Gasteiger charge is -2.39. The van der Waals surface area contributed by atoms with Crippen LogP contribution in [-0.2, 0) is 23.9 Å². The molecule has 1 aliphatic carbocycles. The predicted octanol–water partition coefficient (Wildman–Crippen LogP) is 4.53. The number of esters is 2. The number of ether oxygens (including phenoxy) is 2. The molecule has 2 aromatic rings. The van der Waals surface area contributed by atoms with Gasteiger partial charge in [-0.2, -0.15) is 0 Å². The van der Waals surface area contributed by atoms with Gasteiger partial charge in [0, 0.05) is 52.5 Å². The fraction of sp³-hybridized carbons (Fsp3) is 0.393. The van der Waals surface area contributed by atoms with E-state index < -0.39 is 23.8 Å². The summed E-state index contributed by atoms with van der Waals surface area (Å²) in [7, 11) is 2.64. The first-order chi connectivity index (χ1) is 17.4. The van der Waals surface area contributed by atoms with E-state index in [1.165, 1.54) is 25.6 Å². The van der Waals surface area contributed by atoms with E-state index in [0.717, 1.165) is 34.9 Å². The molecule has 0 saturated carbocycles. The maximum Gasteiger partial charge on any atom is 0.336 e. The molecule has 4 rings (SSSR count). The first kappa shape index (κ1) is 25.7. The molecule has 1 aromatic carbocycles. The Morgan fingerprint density at radius 3 is 2.33 bits per heavy atom. The number of allylic oxidation sites excluding steroid dienone is 3. The molecule has 36 heavy (non-hydrogen) atoms. The number of hydrogen-bond donors (Lipinski definition) is 1. The third-order valence-electron chi connectivity index (χ3n) is 7.14. The number of carbonyl (C=O) groups excluding carboxylic acids is 3. The molecule has 2 aliphatic rings. The number of anilines is 1. The quantitative estimate of drug-likeness (QED) is 0.435. The zero-order chi connectivity index (χ0) is 26.0. The molecule has 190 valence electrons. The van der Waals surface area contributed by atoms with Gasteiger partial charge in [0.2, 0.25) is 0 Å². The lowest BCUT2D eigenvalue weighted by Crippen LogP contribution is -2.43. The summed E-state index contributed by atoms with van der Waals surface area (Å²) in [6.45, 7) is 7.76. The molecule has 2 heterocycles. The predicted molar refractivity (Wildman–Crippen MR) is 140 cm³/mol. The van der Waals surface area contributed by atoms with Crippen LogP contribution >= 0.6 is 11.3 Å². The van der Waals surface area contributed by atoms with Gasteiger partial charge in [-0.25, -0.2) is 4.79 Å². The van der Waals surface area contributed by atoms with Crippen LogP contribution in [0.2, 0.25) is 0 Å². The highest BCUT2D eigenvalue weighted by Gasteiger charge is 2.49. The number of nitrogens with zero attached hydrogens (tertiary/aromatic N) is 1. The van der Waals surface area contributed by atoms with Gasteiger partial charge in [0.25, 0.3) is 0 Å². The Bertz CT molecular complexity index is 1210. The van der Waals surface area contributed by atoms with Crippen LogP contribution in [0, 0.1) is 5.92 Å². The van der Waals surface area contributed by atoms with Crippen molar-refractivity contribution in [3.8, 4) is 0 Å². The summed E-state index contributed by atoms with van der Waals surface area (Å²) < 4.78 is 10.2. The second-order valence-corrected chi connectivity index (χ2v) is 9.91. The van der Waals surface area contributed by atoms with Crippen molar-refractivity contribution >= 4 is 34.7 Å². The molecule has 8 heteroatoms. The van der Waals surface area contributed by atoms with Crippen LogP contribution in [0.1, 0.15) is 49.5 Å². The highest BCUT2D eigenvalue weighted by Crippen LogP contribution is 2.48. The van der Waals surface area contributed by atoms with Crippen LogP contribution in [0.15, 0.2) is 64.3 Å². The zero-order valence-electron chi connectivity index (χ0n) is 21.3. The number of carbonyl (C=O) groups is 3. The van der Waals surface area contributed by atoms with E-state index in [0.29, 0.717) is 23.3 Å². The van der Waals surface area contributed by atoms with Crippen molar-refractivity contribution in [3.05, 3.63) is 74.8 Å². The second kappa shape index (κ2) is 10.7. The van der Waals surface area contributed by atoms with Gasteiger partial charge in [0.05, 0.1) is 19.8 Å². The van der Waals surface area contributed by atoms with E-state index in [1.807, 2.05) is 48.7 Å². The average molecular weight is 509 g/mol. The smallest absolute Gasteiger partial charge is 0.336 e. The van der Waals surface area contributed by atoms with Crippen LogP contribution < -0.4 is 10.2 Å². The van der Waals surface area contributed by atoms with E-state index >= 15 is 0 Å². The topological polar surface area (TPSA) is 84.9 Å². The summed E-state index contributed by atoms with van der Waals surface area (Å²) >= 11 is 1.52. The van der Waals surface area contributed by atoms with Gasteiger partial charge in [-0.15, -0.1) is 11.3 Å². The number of benzene rings is 1. The lowest BCUT2D eigenvalue weighted by atomic mass is 9.68. The monoisotopic (exact) mass is 508 g/mol. The third kappa shape index (κ3) is 4.46. The van der Waals surface area contributed by atoms with Crippen LogP contribution in [0.5, 0.6) is 0 Å². The second-order valence-electron chi connectivity index (χ2n) is 8.94. The lowest BCUT2D eigenvalue weighted by molar-refractivity contribution is -0.149. The molecule has 0 fully saturated rings. The number of ketones is 1. The van der Waals surface area contributed by atoms with Crippen LogP contribution in [0.25, 0.3) is 0 Å². The maximum absolute atomic E-state index is 14.1. The minimum absolute atomic E-state index is 0.319. The normalized spacial score (nSPS) is 21.6. The number of thiophene rings is 1. The average Bonchev–Trinajstić information content (AvgIpc) is 3.43. The molecular formula is C28H32N2O5S. The van der Waals surface area contributed by atoms with Gasteiger partial charge >= 0.3 is 11.9 Å². The Morgan fingerprint density at radius 2 is 1.78 bits per heavy atom. The first-order valence-electron chi connectivity index (χ1n) is 12.2. The molecule has 0 unspecified atom stereocenters. The van der Waals surface area contributed by atoms with Crippen molar-refractivity contribution in [2.45, 2.75) is 39.0 Å². The van der Waals surface area contributed by atoms with Crippen molar-refractivity contribution in [1.82, 2.24) is 5.32 Å². The molecule has 0 amide bonds. The fourth-order valence-electron chi connectivity index (χ4n) is 5.38. The van der Waals surface area contributed by atoms with E-state index in [9.17, 15) is 14.4 Å². The standard InChI is InChI=1S/C28H32N2O5S/c1-6-30(7-2)18-12-10-17(11-13-18)23-22(27(32)34-4)16(3)29-20-15-19(21-9-8-14-36-21)24(28(33)35-5)26(31)25(20)23/h8-14,19,23-24,29H,6-7,15H2,1-5H3/t19-,23-,24-/m0/s1. The molecule has 3 atom stereocenters.